The Bertz CT molecular complexity index is 1040. The van der Waals surface area contributed by atoms with Crippen molar-refractivity contribution in [3.63, 3.8) is 0 Å². The first kappa shape index (κ1) is 20.3. The Morgan fingerprint density at radius 2 is 1.69 bits per heavy atom. The SMILES string of the molecule is CC(=O)Nc1ccc(NC(=O)[C@H](C)Sc2nnc(-c3ccccc3F)n2N)cc1. The van der Waals surface area contributed by atoms with E-state index in [0.717, 1.165) is 16.4 Å². The molecular weight excluding hydrogens is 395 g/mol. The lowest BCUT2D eigenvalue weighted by Crippen LogP contribution is -2.23. The Morgan fingerprint density at radius 3 is 2.31 bits per heavy atom. The number of aromatic nitrogens is 3. The number of hydrogen-bond donors (Lipinski definition) is 3. The molecule has 0 aliphatic carbocycles. The first-order chi connectivity index (χ1) is 13.8. The van der Waals surface area contributed by atoms with Crippen LogP contribution >= 0.6 is 11.8 Å². The fraction of sp³-hybridized carbons (Fsp3) is 0.158. The minimum Gasteiger partial charge on any atom is -0.335 e. The molecule has 2 amide bonds. The van der Waals surface area contributed by atoms with Crippen LogP contribution < -0.4 is 16.5 Å². The molecule has 0 radical (unpaired) electrons. The Labute approximate surface area is 170 Å². The maximum atomic E-state index is 14.0. The van der Waals surface area contributed by atoms with E-state index in [2.05, 4.69) is 20.8 Å². The van der Waals surface area contributed by atoms with Crippen LogP contribution in [-0.4, -0.2) is 31.9 Å². The van der Waals surface area contributed by atoms with E-state index in [0.29, 0.717) is 11.4 Å². The van der Waals surface area contributed by atoms with Gasteiger partial charge in [0.2, 0.25) is 17.0 Å². The van der Waals surface area contributed by atoms with E-state index in [1.165, 1.54) is 13.0 Å². The van der Waals surface area contributed by atoms with E-state index >= 15 is 0 Å². The number of nitrogens with one attached hydrogen (secondary N) is 2. The molecule has 0 saturated heterocycles. The molecule has 3 aromatic rings. The number of carbonyl (C=O) groups excluding carboxylic acids is 2. The van der Waals surface area contributed by atoms with Crippen molar-refractivity contribution in [1.29, 1.82) is 0 Å². The van der Waals surface area contributed by atoms with E-state index < -0.39 is 11.1 Å². The molecule has 150 valence electrons. The summed E-state index contributed by atoms with van der Waals surface area (Å²) in [7, 11) is 0. The summed E-state index contributed by atoms with van der Waals surface area (Å²) in [6.07, 6.45) is 0. The van der Waals surface area contributed by atoms with Gasteiger partial charge in [-0.3, -0.25) is 9.59 Å². The number of halogens is 1. The molecule has 29 heavy (non-hydrogen) atoms. The number of anilines is 2. The summed E-state index contributed by atoms with van der Waals surface area (Å²) < 4.78 is 15.1. The predicted molar refractivity (Wildman–Crippen MR) is 110 cm³/mol. The van der Waals surface area contributed by atoms with Crippen LogP contribution in [0.5, 0.6) is 0 Å². The van der Waals surface area contributed by atoms with Crippen LogP contribution in [0, 0.1) is 5.82 Å². The van der Waals surface area contributed by atoms with Crippen LogP contribution in [0.1, 0.15) is 13.8 Å². The van der Waals surface area contributed by atoms with Gasteiger partial charge in [-0.05, 0) is 43.3 Å². The fourth-order valence-electron chi connectivity index (χ4n) is 2.48. The summed E-state index contributed by atoms with van der Waals surface area (Å²) in [6.45, 7) is 3.12. The highest BCUT2D eigenvalue weighted by molar-refractivity contribution is 8.00. The number of hydrogen-bond acceptors (Lipinski definition) is 6. The van der Waals surface area contributed by atoms with Crippen molar-refractivity contribution in [3.05, 3.63) is 54.3 Å². The third-order valence-electron chi connectivity index (χ3n) is 3.90. The van der Waals surface area contributed by atoms with Crippen LogP contribution in [0.15, 0.2) is 53.7 Å². The Balaban J connectivity index is 1.66. The monoisotopic (exact) mass is 414 g/mol. The van der Waals surface area contributed by atoms with Gasteiger partial charge in [-0.1, -0.05) is 23.9 Å². The maximum absolute atomic E-state index is 14.0. The van der Waals surface area contributed by atoms with Gasteiger partial charge < -0.3 is 16.5 Å². The van der Waals surface area contributed by atoms with Crippen molar-refractivity contribution in [3.8, 4) is 11.4 Å². The summed E-state index contributed by atoms with van der Waals surface area (Å²) in [5.74, 6) is 5.27. The Morgan fingerprint density at radius 1 is 1.07 bits per heavy atom. The van der Waals surface area contributed by atoms with Crippen molar-refractivity contribution >= 4 is 35.0 Å². The van der Waals surface area contributed by atoms with Gasteiger partial charge in [0.05, 0.1) is 10.8 Å². The minimum absolute atomic E-state index is 0.173. The number of carbonyl (C=O) groups is 2. The summed E-state index contributed by atoms with van der Waals surface area (Å²) in [5, 5.41) is 13.1. The topological polar surface area (TPSA) is 115 Å². The van der Waals surface area contributed by atoms with Crippen LogP contribution in [-0.2, 0) is 9.59 Å². The smallest absolute Gasteiger partial charge is 0.237 e. The van der Waals surface area contributed by atoms with E-state index in [9.17, 15) is 14.0 Å². The molecule has 8 nitrogen and oxygen atoms in total. The summed E-state index contributed by atoms with van der Waals surface area (Å²) in [4.78, 5) is 23.5. The average molecular weight is 414 g/mol. The summed E-state index contributed by atoms with van der Waals surface area (Å²) >= 11 is 1.10. The third kappa shape index (κ3) is 4.91. The van der Waals surface area contributed by atoms with Crippen LogP contribution in [0.3, 0.4) is 0 Å². The molecule has 0 spiro atoms. The lowest BCUT2D eigenvalue weighted by atomic mass is 10.2. The van der Waals surface area contributed by atoms with Gasteiger partial charge in [-0.2, -0.15) is 0 Å². The van der Waals surface area contributed by atoms with Gasteiger partial charge in [0.1, 0.15) is 5.82 Å². The molecule has 2 aromatic carbocycles. The van der Waals surface area contributed by atoms with Gasteiger partial charge in [-0.25, -0.2) is 9.07 Å². The summed E-state index contributed by atoms with van der Waals surface area (Å²) in [5.41, 5.74) is 1.44. The van der Waals surface area contributed by atoms with Crippen LogP contribution in [0.25, 0.3) is 11.4 Å². The highest BCUT2D eigenvalue weighted by atomic mass is 32.2. The minimum atomic E-state index is -0.537. The lowest BCUT2D eigenvalue weighted by molar-refractivity contribution is -0.115. The standard InChI is InChI=1S/C19H19FN6O2S/c1-11(18(28)23-14-9-7-13(8-10-14)22-12(2)27)29-19-25-24-17(26(19)21)15-5-3-4-6-16(15)20/h3-11H,21H2,1-2H3,(H,22,27)(H,23,28)/t11-/m0/s1. The van der Waals surface area contributed by atoms with Gasteiger partial charge in [-0.15, -0.1) is 10.2 Å². The highest BCUT2D eigenvalue weighted by Crippen LogP contribution is 2.26. The summed E-state index contributed by atoms with van der Waals surface area (Å²) in [6, 6.07) is 12.8. The Kier molecular flexibility index (Phi) is 6.13. The average Bonchev–Trinajstić information content (AvgIpc) is 3.03. The second-order valence-corrected chi connectivity index (χ2v) is 7.47. The van der Waals surface area contributed by atoms with Crippen molar-refractivity contribution in [2.75, 3.05) is 16.5 Å². The van der Waals surface area contributed by atoms with Crippen molar-refractivity contribution in [1.82, 2.24) is 14.9 Å². The fourth-order valence-corrected chi connectivity index (χ4v) is 3.25. The quantitative estimate of drug-likeness (QED) is 0.422. The molecule has 0 unspecified atom stereocenters. The Hall–Kier alpha value is -3.40. The van der Waals surface area contributed by atoms with Gasteiger partial charge >= 0.3 is 0 Å². The van der Waals surface area contributed by atoms with Gasteiger partial charge in [0.25, 0.3) is 0 Å². The van der Waals surface area contributed by atoms with E-state index in [-0.39, 0.29) is 28.4 Å². The number of thioether (sulfide) groups is 1. The molecule has 0 fully saturated rings. The molecular formula is C19H19FN6O2S. The zero-order valence-electron chi connectivity index (χ0n) is 15.7. The number of nitrogen functional groups attached to an aromatic ring is 1. The van der Waals surface area contributed by atoms with Crippen molar-refractivity contribution in [2.24, 2.45) is 0 Å². The van der Waals surface area contributed by atoms with E-state index in [1.54, 1.807) is 49.4 Å². The van der Waals surface area contributed by atoms with Gasteiger partial charge in [0.15, 0.2) is 5.82 Å². The molecule has 10 heteroatoms. The number of rotatable bonds is 6. The molecule has 1 atom stereocenters. The molecule has 0 aliphatic rings. The predicted octanol–water partition coefficient (Wildman–Crippen LogP) is 2.88. The zero-order valence-corrected chi connectivity index (χ0v) is 16.5. The van der Waals surface area contributed by atoms with Gasteiger partial charge in [0, 0.05) is 18.3 Å². The van der Waals surface area contributed by atoms with Crippen molar-refractivity contribution in [2.45, 2.75) is 24.3 Å². The van der Waals surface area contributed by atoms with Crippen LogP contribution in [0.4, 0.5) is 15.8 Å². The van der Waals surface area contributed by atoms with Crippen molar-refractivity contribution < 1.29 is 14.0 Å². The number of nitrogens with zero attached hydrogens (tertiary/aromatic N) is 3. The normalized spacial score (nSPS) is 11.7. The number of amides is 2. The first-order valence-electron chi connectivity index (χ1n) is 8.65. The molecule has 0 aliphatic heterocycles. The molecule has 1 aromatic heterocycles. The molecule has 1 heterocycles. The lowest BCUT2D eigenvalue weighted by Gasteiger charge is -2.12. The molecule has 4 N–H and O–H groups in total. The maximum Gasteiger partial charge on any atom is 0.237 e. The van der Waals surface area contributed by atoms with E-state index in [4.69, 9.17) is 5.84 Å². The second kappa shape index (κ2) is 8.74. The third-order valence-corrected chi connectivity index (χ3v) is 4.96. The highest BCUT2D eigenvalue weighted by Gasteiger charge is 2.21. The number of benzene rings is 2. The zero-order chi connectivity index (χ0) is 21.0. The first-order valence-corrected chi connectivity index (χ1v) is 9.53. The number of nitrogens with two attached hydrogens (primary N) is 1. The van der Waals surface area contributed by atoms with E-state index in [1.807, 2.05) is 0 Å². The van der Waals surface area contributed by atoms with Crippen LogP contribution in [0.2, 0.25) is 0 Å². The second-order valence-electron chi connectivity index (χ2n) is 6.16. The molecule has 3 rings (SSSR count). The largest absolute Gasteiger partial charge is 0.335 e. The molecule has 0 saturated carbocycles. The molecule has 0 bridgehead atoms.